The summed E-state index contributed by atoms with van der Waals surface area (Å²) in [5.41, 5.74) is 3.25. The van der Waals surface area contributed by atoms with Gasteiger partial charge in [0.2, 0.25) is 0 Å². The summed E-state index contributed by atoms with van der Waals surface area (Å²) in [5, 5.41) is 0. The SMILES string of the molecule is CC(c1ccc(C(F)(F)F)cc1)C(C)(N)C(F)F. The Kier molecular flexibility index (Phi) is 4.00. The van der Waals surface area contributed by atoms with Gasteiger partial charge in [0.15, 0.2) is 0 Å². The second-order valence-corrected chi connectivity index (χ2v) is 4.51. The molecule has 2 N–H and O–H groups in total. The van der Waals surface area contributed by atoms with Gasteiger partial charge in [-0.3, -0.25) is 0 Å². The lowest BCUT2D eigenvalue weighted by Crippen LogP contribution is -2.48. The van der Waals surface area contributed by atoms with Crippen LogP contribution in [0.1, 0.15) is 30.9 Å². The van der Waals surface area contributed by atoms with Crippen molar-refractivity contribution in [3.63, 3.8) is 0 Å². The molecule has 0 aliphatic carbocycles. The van der Waals surface area contributed by atoms with E-state index in [4.69, 9.17) is 5.73 Å². The Morgan fingerprint density at radius 2 is 1.50 bits per heavy atom. The Bertz CT molecular complexity index is 394. The van der Waals surface area contributed by atoms with Crippen molar-refractivity contribution >= 4 is 0 Å². The smallest absolute Gasteiger partial charge is 0.320 e. The van der Waals surface area contributed by atoms with E-state index in [1.54, 1.807) is 0 Å². The molecular weight excluding hydrogens is 253 g/mol. The van der Waals surface area contributed by atoms with Crippen LogP contribution in [0, 0.1) is 0 Å². The van der Waals surface area contributed by atoms with Crippen molar-refractivity contribution in [1.29, 1.82) is 0 Å². The fourth-order valence-electron chi connectivity index (χ4n) is 1.51. The molecule has 0 aromatic heterocycles. The molecule has 2 unspecified atom stereocenters. The third kappa shape index (κ3) is 2.98. The minimum absolute atomic E-state index is 0.355. The normalized spacial score (nSPS) is 17.6. The van der Waals surface area contributed by atoms with Crippen molar-refractivity contribution in [2.45, 2.75) is 37.9 Å². The molecule has 1 aromatic rings. The Hall–Kier alpha value is -1.17. The van der Waals surface area contributed by atoms with E-state index in [0.29, 0.717) is 5.56 Å². The second kappa shape index (κ2) is 4.84. The first-order chi connectivity index (χ1) is 8.06. The van der Waals surface area contributed by atoms with Crippen LogP contribution < -0.4 is 5.73 Å². The van der Waals surface area contributed by atoms with Crippen molar-refractivity contribution in [3.05, 3.63) is 35.4 Å². The first kappa shape index (κ1) is 14.9. The number of hydrogen-bond acceptors (Lipinski definition) is 1. The van der Waals surface area contributed by atoms with E-state index in [0.717, 1.165) is 12.1 Å². The number of nitrogens with two attached hydrogens (primary N) is 1. The molecule has 102 valence electrons. The average molecular weight is 267 g/mol. The van der Waals surface area contributed by atoms with Crippen LogP contribution in [0.3, 0.4) is 0 Å². The van der Waals surface area contributed by atoms with Gasteiger partial charge in [0.1, 0.15) is 0 Å². The zero-order valence-corrected chi connectivity index (χ0v) is 9.93. The highest BCUT2D eigenvalue weighted by atomic mass is 19.4. The Morgan fingerprint density at radius 3 is 1.83 bits per heavy atom. The van der Waals surface area contributed by atoms with Crippen molar-refractivity contribution in [3.8, 4) is 0 Å². The number of hydrogen-bond donors (Lipinski definition) is 1. The molecule has 0 spiro atoms. The van der Waals surface area contributed by atoms with Gasteiger partial charge >= 0.3 is 6.18 Å². The highest BCUT2D eigenvalue weighted by molar-refractivity contribution is 5.29. The zero-order chi connectivity index (χ0) is 14.1. The maximum Gasteiger partial charge on any atom is 0.416 e. The predicted octanol–water partition coefficient (Wildman–Crippen LogP) is 3.79. The van der Waals surface area contributed by atoms with Crippen molar-refractivity contribution in [2.75, 3.05) is 0 Å². The van der Waals surface area contributed by atoms with Crippen LogP contribution in [0.25, 0.3) is 0 Å². The molecule has 0 fully saturated rings. The van der Waals surface area contributed by atoms with E-state index in [9.17, 15) is 22.0 Å². The van der Waals surface area contributed by atoms with E-state index in [-0.39, 0.29) is 0 Å². The largest absolute Gasteiger partial charge is 0.416 e. The molecule has 2 atom stereocenters. The van der Waals surface area contributed by atoms with Gasteiger partial charge in [0, 0.05) is 5.92 Å². The molecule has 0 radical (unpaired) electrons. The van der Waals surface area contributed by atoms with Crippen molar-refractivity contribution in [1.82, 2.24) is 0 Å². The summed E-state index contributed by atoms with van der Waals surface area (Å²) < 4.78 is 62.4. The molecule has 0 heterocycles. The molecule has 1 aromatic carbocycles. The summed E-state index contributed by atoms with van der Waals surface area (Å²) in [6.45, 7) is 2.65. The van der Waals surface area contributed by atoms with Gasteiger partial charge in [-0.05, 0) is 24.6 Å². The molecular formula is C12H14F5N. The monoisotopic (exact) mass is 267 g/mol. The molecule has 0 amide bonds. The Morgan fingerprint density at radius 1 is 1.06 bits per heavy atom. The highest BCUT2D eigenvalue weighted by Crippen LogP contribution is 2.33. The van der Waals surface area contributed by atoms with Crippen molar-refractivity contribution < 1.29 is 22.0 Å². The van der Waals surface area contributed by atoms with E-state index in [2.05, 4.69) is 0 Å². The number of rotatable bonds is 3. The third-order valence-corrected chi connectivity index (χ3v) is 3.14. The Labute approximate surface area is 102 Å². The molecule has 0 saturated heterocycles. The Balaban J connectivity index is 2.99. The maximum absolute atomic E-state index is 12.7. The highest BCUT2D eigenvalue weighted by Gasteiger charge is 2.37. The van der Waals surface area contributed by atoms with Gasteiger partial charge in [-0.25, -0.2) is 8.78 Å². The summed E-state index contributed by atoms with van der Waals surface area (Å²) in [5.74, 6) is -0.750. The van der Waals surface area contributed by atoms with Crippen LogP contribution in [0.5, 0.6) is 0 Å². The van der Waals surface area contributed by atoms with E-state index in [1.165, 1.54) is 26.0 Å². The fourth-order valence-corrected chi connectivity index (χ4v) is 1.51. The summed E-state index contributed by atoms with van der Waals surface area (Å²) in [7, 11) is 0. The minimum Gasteiger partial charge on any atom is -0.320 e. The third-order valence-electron chi connectivity index (χ3n) is 3.14. The maximum atomic E-state index is 12.7. The van der Waals surface area contributed by atoms with Crippen LogP contribution in [0.2, 0.25) is 0 Å². The zero-order valence-electron chi connectivity index (χ0n) is 9.93. The number of halogens is 5. The molecule has 0 bridgehead atoms. The molecule has 18 heavy (non-hydrogen) atoms. The fraction of sp³-hybridized carbons (Fsp3) is 0.500. The lowest BCUT2D eigenvalue weighted by molar-refractivity contribution is -0.137. The van der Waals surface area contributed by atoms with Gasteiger partial charge in [0.05, 0.1) is 11.1 Å². The van der Waals surface area contributed by atoms with E-state index in [1.807, 2.05) is 0 Å². The standard InChI is InChI=1S/C12H14F5N/c1-7(11(2,18)10(13)14)8-3-5-9(6-4-8)12(15,16)17/h3-7,10H,18H2,1-2H3. The van der Waals surface area contributed by atoms with Crippen LogP contribution in [-0.4, -0.2) is 12.0 Å². The lowest BCUT2D eigenvalue weighted by Gasteiger charge is -2.31. The molecule has 1 nitrogen and oxygen atoms in total. The van der Waals surface area contributed by atoms with Gasteiger partial charge in [-0.2, -0.15) is 13.2 Å². The molecule has 6 heteroatoms. The van der Waals surface area contributed by atoms with Crippen molar-refractivity contribution in [2.24, 2.45) is 5.73 Å². The van der Waals surface area contributed by atoms with E-state index >= 15 is 0 Å². The first-order valence-corrected chi connectivity index (χ1v) is 5.31. The molecule has 1 rings (SSSR count). The van der Waals surface area contributed by atoms with Crippen LogP contribution in [-0.2, 0) is 6.18 Å². The number of alkyl halides is 5. The molecule has 0 aliphatic heterocycles. The lowest BCUT2D eigenvalue weighted by atomic mass is 9.83. The summed E-state index contributed by atoms with van der Waals surface area (Å²) in [6.07, 6.45) is -7.19. The van der Waals surface area contributed by atoms with Gasteiger partial charge in [0.25, 0.3) is 6.43 Å². The van der Waals surface area contributed by atoms with Crippen LogP contribution in [0.15, 0.2) is 24.3 Å². The summed E-state index contributed by atoms with van der Waals surface area (Å²) in [6, 6.07) is 4.10. The topological polar surface area (TPSA) is 26.0 Å². The van der Waals surface area contributed by atoms with Gasteiger partial charge in [-0.15, -0.1) is 0 Å². The summed E-state index contributed by atoms with van der Waals surface area (Å²) >= 11 is 0. The average Bonchev–Trinajstić information content (AvgIpc) is 2.26. The minimum atomic E-state index is -4.43. The van der Waals surface area contributed by atoms with Gasteiger partial charge in [-0.1, -0.05) is 19.1 Å². The second-order valence-electron chi connectivity index (χ2n) is 4.51. The molecule has 0 saturated carbocycles. The van der Waals surface area contributed by atoms with Crippen LogP contribution >= 0.6 is 0 Å². The quantitative estimate of drug-likeness (QED) is 0.828. The molecule has 0 aliphatic rings. The van der Waals surface area contributed by atoms with E-state index < -0.39 is 29.6 Å². The van der Waals surface area contributed by atoms with Gasteiger partial charge < -0.3 is 5.73 Å². The summed E-state index contributed by atoms with van der Waals surface area (Å²) in [4.78, 5) is 0. The van der Waals surface area contributed by atoms with Crippen LogP contribution in [0.4, 0.5) is 22.0 Å². The first-order valence-electron chi connectivity index (χ1n) is 5.31. The number of benzene rings is 1. The predicted molar refractivity (Wildman–Crippen MR) is 58.5 cm³/mol.